The summed E-state index contributed by atoms with van der Waals surface area (Å²) < 4.78 is 0. The molecule has 0 bridgehead atoms. The third kappa shape index (κ3) is 2.85. The molecule has 0 atom stereocenters. The van der Waals surface area contributed by atoms with Gasteiger partial charge in [0.05, 0.1) is 0 Å². The molecule has 1 aliphatic heterocycles. The minimum atomic E-state index is 0.588. The van der Waals surface area contributed by atoms with Gasteiger partial charge in [-0.1, -0.05) is 0 Å². The fourth-order valence-electron chi connectivity index (χ4n) is 2.10. The number of anilines is 2. The Balaban J connectivity index is 1.85. The number of nitrogen functional groups attached to an aromatic ring is 1. The molecule has 4 heteroatoms. The van der Waals surface area contributed by atoms with Crippen molar-refractivity contribution < 1.29 is 0 Å². The zero-order valence-corrected chi connectivity index (χ0v) is 9.89. The zero-order chi connectivity index (χ0) is 11.4. The standard InChI is InChI=1S/C12H20N4/c1-15(8-9-16-6-2-3-7-16)11-4-5-14-12(13)10-11/h4-5,10H,2-3,6-9H2,1H3,(H2,13,14). The van der Waals surface area contributed by atoms with Crippen LogP contribution in [0.5, 0.6) is 0 Å². The molecule has 88 valence electrons. The molecule has 1 aromatic heterocycles. The Hall–Kier alpha value is -1.29. The highest BCUT2D eigenvalue weighted by Gasteiger charge is 2.11. The highest BCUT2D eigenvalue weighted by molar-refractivity contribution is 5.51. The molecule has 1 fully saturated rings. The molecule has 2 heterocycles. The molecule has 1 saturated heterocycles. The molecule has 0 aromatic carbocycles. The molecule has 0 radical (unpaired) electrons. The van der Waals surface area contributed by atoms with Crippen LogP contribution in [0.4, 0.5) is 11.5 Å². The summed E-state index contributed by atoms with van der Waals surface area (Å²) in [6.45, 7) is 4.70. The summed E-state index contributed by atoms with van der Waals surface area (Å²) in [5, 5.41) is 0. The Morgan fingerprint density at radius 3 is 2.88 bits per heavy atom. The third-order valence-corrected chi connectivity index (χ3v) is 3.16. The second-order valence-corrected chi connectivity index (χ2v) is 4.41. The van der Waals surface area contributed by atoms with E-state index in [0.29, 0.717) is 5.82 Å². The van der Waals surface area contributed by atoms with Crippen LogP contribution in [-0.2, 0) is 0 Å². The maximum atomic E-state index is 5.67. The molecule has 0 spiro atoms. The minimum absolute atomic E-state index is 0.588. The van der Waals surface area contributed by atoms with Gasteiger partial charge in [-0.25, -0.2) is 4.98 Å². The van der Waals surface area contributed by atoms with Gasteiger partial charge in [-0.15, -0.1) is 0 Å². The van der Waals surface area contributed by atoms with E-state index in [9.17, 15) is 0 Å². The number of nitrogens with two attached hydrogens (primary N) is 1. The van der Waals surface area contributed by atoms with Gasteiger partial charge in [0.25, 0.3) is 0 Å². The normalized spacial score (nSPS) is 16.6. The van der Waals surface area contributed by atoms with E-state index >= 15 is 0 Å². The lowest BCUT2D eigenvalue weighted by molar-refractivity contribution is 0.346. The predicted molar refractivity (Wildman–Crippen MR) is 67.6 cm³/mol. The zero-order valence-electron chi connectivity index (χ0n) is 9.89. The predicted octanol–water partition coefficient (Wildman–Crippen LogP) is 1.20. The van der Waals surface area contributed by atoms with Gasteiger partial charge in [-0.05, 0) is 32.0 Å². The Morgan fingerprint density at radius 1 is 1.44 bits per heavy atom. The van der Waals surface area contributed by atoms with Crippen LogP contribution in [0.3, 0.4) is 0 Å². The van der Waals surface area contributed by atoms with E-state index in [1.807, 2.05) is 12.1 Å². The van der Waals surface area contributed by atoms with Crippen molar-refractivity contribution in [2.24, 2.45) is 0 Å². The van der Waals surface area contributed by atoms with Gasteiger partial charge in [0, 0.05) is 38.1 Å². The number of nitrogens with zero attached hydrogens (tertiary/aromatic N) is 3. The first-order chi connectivity index (χ1) is 7.75. The van der Waals surface area contributed by atoms with Crippen LogP contribution < -0.4 is 10.6 Å². The quantitative estimate of drug-likeness (QED) is 0.828. The van der Waals surface area contributed by atoms with E-state index in [4.69, 9.17) is 5.73 Å². The summed E-state index contributed by atoms with van der Waals surface area (Å²) in [6.07, 6.45) is 4.47. The first-order valence-corrected chi connectivity index (χ1v) is 5.91. The summed E-state index contributed by atoms with van der Waals surface area (Å²) in [7, 11) is 2.10. The average Bonchev–Trinajstić information content (AvgIpc) is 2.78. The molecule has 0 aliphatic carbocycles. The first-order valence-electron chi connectivity index (χ1n) is 5.91. The van der Waals surface area contributed by atoms with Crippen LogP contribution >= 0.6 is 0 Å². The van der Waals surface area contributed by atoms with Gasteiger partial charge in [-0.2, -0.15) is 0 Å². The Labute approximate surface area is 97.1 Å². The highest BCUT2D eigenvalue weighted by Crippen LogP contribution is 2.14. The minimum Gasteiger partial charge on any atom is -0.384 e. The van der Waals surface area contributed by atoms with Crippen LogP contribution in [0.2, 0.25) is 0 Å². The summed E-state index contributed by atoms with van der Waals surface area (Å²) in [6, 6.07) is 3.92. The number of likely N-dealkylation sites (N-methyl/N-ethyl adjacent to an activating group) is 1. The molecule has 0 saturated carbocycles. The van der Waals surface area contributed by atoms with Crippen molar-refractivity contribution in [1.82, 2.24) is 9.88 Å². The molecule has 4 nitrogen and oxygen atoms in total. The van der Waals surface area contributed by atoms with E-state index in [-0.39, 0.29) is 0 Å². The fraction of sp³-hybridized carbons (Fsp3) is 0.583. The van der Waals surface area contributed by atoms with Gasteiger partial charge in [-0.3, -0.25) is 0 Å². The van der Waals surface area contributed by atoms with Crippen molar-refractivity contribution >= 4 is 11.5 Å². The Kier molecular flexibility index (Phi) is 3.62. The van der Waals surface area contributed by atoms with Crippen molar-refractivity contribution in [1.29, 1.82) is 0 Å². The van der Waals surface area contributed by atoms with E-state index in [0.717, 1.165) is 18.8 Å². The van der Waals surface area contributed by atoms with Crippen molar-refractivity contribution in [2.45, 2.75) is 12.8 Å². The molecular weight excluding hydrogens is 200 g/mol. The van der Waals surface area contributed by atoms with E-state index in [2.05, 4.69) is 21.8 Å². The summed E-state index contributed by atoms with van der Waals surface area (Å²) >= 11 is 0. The molecule has 0 amide bonds. The molecular formula is C12H20N4. The molecule has 1 aromatic rings. The van der Waals surface area contributed by atoms with E-state index in [1.54, 1.807) is 6.20 Å². The Bertz CT molecular complexity index is 334. The van der Waals surface area contributed by atoms with Crippen LogP contribution in [0.15, 0.2) is 18.3 Å². The number of hydrogen-bond donors (Lipinski definition) is 1. The molecule has 2 N–H and O–H groups in total. The highest BCUT2D eigenvalue weighted by atomic mass is 15.2. The van der Waals surface area contributed by atoms with E-state index in [1.165, 1.54) is 25.9 Å². The van der Waals surface area contributed by atoms with Crippen molar-refractivity contribution in [3.63, 3.8) is 0 Å². The van der Waals surface area contributed by atoms with Crippen molar-refractivity contribution in [3.05, 3.63) is 18.3 Å². The van der Waals surface area contributed by atoms with Gasteiger partial charge < -0.3 is 15.5 Å². The fourth-order valence-corrected chi connectivity index (χ4v) is 2.10. The SMILES string of the molecule is CN(CCN1CCCC1)c1ccnc(N)c1. The van der Waals surface area contributed by atoms with Gasteiger partial charge in [0.2, 0.25) is 0 Å². The monoisotopic (exact) mass is 220 g/mol. The number of likely N-dealkylation sites (tertiary alicyclic amines) is 1. The number of pyridine rings is 1. The van der Waals surface area contributed by atoms with Crippen LogP contribution in [-0.4, -0.2) is 43.1 Å². The number of rotatable bonds is 4. The lowest BCUT2D eigenvalue weighted by Gasteiger charge is -2.23. The smallest absolute Gasteiger partial charge is 0.125 e. The second-order valence-electron chi connectivity index (χ2n) is 4.41. The summed E-state index contributed by atoms with van der Waals surface area (Å²) in [5.74, 6) is 0.588. The lowest BCUT2D eigenvalue weighted by atomic mass is 10.3. The van der Waals surface area contributed by atoms with Gasteiger partial charge in [0.1, 0.15) is 5.82 Å². The van der Waals surface area contributed by atoms with Crippen LogP contribution in [0, 0.1) is 0 Å². The molecule has 2 rings (SSSR count). The molecule has 1 aliphatic rings. The molecule has 0 unspecified atom stereocenters. The number of hydrogen-bond acceptors (Lipinski definition) is 4. The topological polar surface area (TPSA) is 45.4 Å². The average molecular weight is 220 g/mol. The lowest BCUT2D eigenvalue weighted by Crippen LogP contribution is -2.31. The summed E-state index contributed by atoms with van der Waals surface area (Å²) in [5.41, 5.74) is 6.81. The maximum Gasteiger partial charge on any atom is 0.125 e. The van der Waals surface area contributed by atoms with Crippen LogP contribution in [0.25, 0.3) is 0 Å². The third-order valence-electron chi connectivity index (χ3n) is 3.16. The second kappa shape index (κ2) is 5.16. The largest absolute Gasteiger partial charge is 0.384 e. The van der Waals surface area contributed by atoms with E-state index < -0.39 is 0 Å². The van der Waals surface area contributed by atoms with Crippen molar-refractivity contribution in [2.75, 3.05) is 43.9 Å². The first kappa shape index (κ1) is 11.2. The van der Waals surface area contributed by atoms with Crippen LogP contribution in [0.1, 0.15) is 12.8 Å². The van der Waals surface area contributed by atoms with Crippen molar-refractivity contribution in [3.8, 4) is 0 Å². The Morgan fingerprint density at radius 2 is 2.19 bits per heavy atom. The molecule has 16 heavy (non-hydrogen) atoms. The van der Waals surface area contributed by atoms with Gasteiger partial charge >= 0.3 is 0 Å². The maximum absolute atomic E-state index is 5.67. The number of aromatic nitrogens is 1. The van der Waals surface area contributed by atoms with Gasteiger partial charge in [0.15, 0.2) is 0 Å². The summed E-state index contributed by atoms with van der Waals surface area (Å²) in [4.78, 5) is 8.75.